The largest absolute Gasteiger partial charge is 0.481 e. The van der Waals surface area contributed by atoms with Crippen LogP contribution < -0.4 is 43.4 Å². The second kappa shape index (κ2) is 22.5. The number of H-pyrrole nitrogens is 1. The minimum Gasteiger partial charge on any atom is -0.481 e. The van der Waals surface area contributed by atoms with E-state index >= 15 is 0 Å². The molecule has 1 fully saturated rings. The number of carbonyl (C=O) groups excluding carboxylic acids is 8. The number of nitrogens with two attached hydrogens (primary N) is 2. The number of carboxylic acids is 1. The highest BCUT2D eigenvalue weighted by atomic mass is 16.4. The zero-order chi connectivity index (χ0) is 44.6. The number of amides is 8. The lowest BCUT2D eigenvalue weighted by atomic mass is 10.0. The van der Waals surface area contributed by atoms with Crippen LogP contribution in [0.1, 0.15) is 30.4 Å². The number of hydrogen-bond acceptors (Lipinski definition) is 12. The number of aromatic amines is 1. The smallest absolute Gasteiger partial charge is 0.305 e. The minimum atomic E-state index is -1.72. The van der Waals surface area contributed by atoms with Crippen molar-refractivity contribution >= 4 is 64.1 Å². The van der Waals surface area contributed by atoms with E-state index in [4.69, 9.17) is 16.6 Å². The molecule has 2 heterocycles. The maximum atomic E-state index is 13.6. The van der Waals surface area contributed by atoms with Crippen LogP contribution in [0, 0.1) is 0 Å². The molecule has 1 saturated heterocycles. The van der Waals surface area contributed by atoms with Gasteiger partial charge >= 0.3 is 5.97 Å². The van der Waals surface area contributed by atoms with E-state index in [1.165, 1.54) is 0 Å². The number of para-hydroxylation sites is 1. The molecule has 328 valence electrons. The van der Waals surface area contributed by atoms with Gasteiger partial charge in [-0.3, -0.25) is 43.2 Å². The van der Waals surface area contributed by atoms with Gasteiger partial charge in [0.1, 0.15) is 30.2 Å². The number of nitrogens with one attached hydrogen (secondary N) is 7. The molecule has 1 aromatic heterocycles. The van der Waals surface area contributed by atoms with E-state index in [0.717, 1.165) is 15.8 Å². The van der Waals surface area contributed by atoms with Gasteiger partial charge in [0.05, 0.1) is 38.8 Å². The fraction of sp³-hybridized carbons (Fsp3) is 0.410. The Hall–Kier alpha value is -6.91. The molecule has 0 unspecified atom stereocenters. The summed E-state index contributed by atoms with van der Waals surface area (Å²) in [6, 6.07) is 7.06. The number of hydrogen-bond donors (Lipinski definition) is 12. The molecule has 4 rings (SSSR count). The van der Waals surface area contributed by atoms with Gasteiger partial charge in [-0.05, 0) is 30.0 Å². The molecule has 6 atom stereocenters. The van der Waals surface area contributed by atoms with Gasteiger partial charge in [-0.1, -0.05) is 48.5 Å². The third-order valence-corrected chi connectivity index (χ3v) is 9.71. The summed E-state index contributed by atoms with van der Waals surface area (Å²) in [6.07, 6.45) is 1.46. The number of aliphatic hydroxyl groups excluding tert-OH is 2. The Bertz CT molecular complexity index is 2080. The van der Waals surface area contributed by atoms with Gasteiger partial charge in [0.2, 0.25) is 47.3 Å². The monoisotopic (exact) mass is 850 g/mol. The molecular weight excluding hydrogens is 800 g/mol. The lowest BCUT2D eigenvalue weighted by molar-refractivity contribution is -0.144. The first-order valence-corrected chi connectivity index (χ1v) is 19.2. The maximum absolute atomic E-state index is 13.6. The van der Waals surface area contributed by atoms with E-state index in [1.54, 1.807) is 60.8 Å². The number of benzene rings is 2. The van der Waals surface area contributed by atoms with E-state index < -0.39 is 122 Å². The van der Waals surface area contributed by atoms with Crippen LogP contribution in [0.25, 0.3) is 10.9 Å². The van der Waals surface area contributed by atoms with Gasteiger partial charge in [0.25, 0.3) is 0 Å². The van der Waals surface area contributed by atoms with Crippen molar-refractivity contribution in [3.63, 3.8) is 0 Å². The molecule has 0 aliphatic carbocycles. The number of rotatable bonds is 22. The van der Waals surface area contributed by atoms with E-state index in [9.17, 15) is 53.4 Å². The van der Waals surface area contributed by atoms with E-state index in [0.29, 0.717) is 17.5 Å². The molecule has 0 radical (unpaired) electrons. The Morgan fingerprint density at radius 3 is 1.95 bits per heavy atom. The first-order valence-electron chi connectivity index (χ1n) is 19.2. The van der Waals surface area contributed by atoms with Crippen LogP contribution >= 0.6 is 0 Å². The Labute approximate surface area is 348 Å². The van der Waals surface area contributed by atoms with Crippen LogP contribution in [-0.2, 0) is 56.0 Å². The van der Waals surface area contributed by atoms with Gasteiger partial charge in [0, 0.05) is 36.5 Å². The predicted molar refractivity (Wildman–Crippen MR) is 214 cm³/mol. The van der Waals surface area contributed by atoms with E-state index in [-0.39, 0.29) is 25.8 Å². The maximum Gasteiger partial charge on any atom is 0.305 e. The van der Waals surface area contributed by atoms with Crippen molar-refractivity contribution in [2.24, 2.45) is 11.5 Å². The van der Waals surface area contributed by atoms with Crippen LogP contribution in [0.3, 0.4) is 0 Å². The predicted octanol–water partition coefficient (Wildman–Crippen LogP) is -4.61. The molecule has 61 heavy (non-hydrogen) atoms. The number of carboxylic acid groups (broad SMARTS) is 1. The first kappa shape index (κ1) is 46.8. The number of aliphatic hydroxyl groups is 2. The average molecular weight is 851 g/mol. The van der Waals surface area contributed by atoms with E-state index in [2.05, 4.69) is 36.9 Å². The molecule has 22 nitrogen and oxygen atoms in total. The average Bonchev–Trinajstić information content (AvgIpc) is 3.90. The van der Waals surface area contributed by atoms with Crippen molar-refractivity contribution in [3.05, 3.63) is 71.9 Å². The Kier molecular flexibility index (Phi) is 17.2. The zero-order valence-electron chi connectivity index (χ0n) is 32.9. The van der Waals surface area contributed by atoms with E-state index in [1.807, 2.05) is 0 Å². The number of carbonyl (C=O) groups is 9. The number of fused-ring (bicyclic) bond motifs is 1. The Balaban J connectivity index is 1.40. The molecule has 2 aromatic carbocycles. The Morgan fingerprint density at radius 1 is 0.738 bits per heavy atom. The van der Waals surface area contributed by atoms with Crippen LogP contribution in [-0.4, -0.2) is 148 Å². The van der Waals surface area contributed by atoms with Crippen LogP contribution in [0.2, 0.25) is 0 Å². The highest BCUT2D eigenvalue weighted by Gasteiger charge is 2.37. The fourth-order valence-corrected chi connectivity index (χ4v) is 6.61. The van der Waals surface area contributed by atoms with Gasteiger partial charge in [-0.15, -0.1) is 0 Å². The second-order valence-electron chi connectivity index (χ2n) is 14.2. The van der Waals surface area contributed by atoms with Crippen molar-refractivity contribution < 1.29 is 58.5 Å². The van der Waals surface area contributed by atoms with Gasteiger partial charge in [-0.2, -0.15) is 0 Å². The van der Waals surface area contributed by atoms with Crippen molar-refractivity contribution in [3.8, 4) is 0 Å². The summed E-state index contributed by atoms with van der Waals surface area (Å²) >= 11 is 0. The molecule has 1 aliphatic heterocycles. The molecule has 1 aliphatic rings. The topological polar surface area (TPSA) is 358 Å². The van der Waals surface area contributed by atoms with Crippen LogP contribution in [0.5, 0.6) is 0 Å². The highest BCUT2D eigenvalue weighted by Crippen LogP contribution is 2.20. The molecule has 3 aromatic rings. The van der Waals surface area contributed by atoms with Gasteiger partial charge < -0.3 is 68.6 Å². The fourth-order valence-electron chi connectivity index (χ4n) is 6.61. The SMILES string of the molecule is NC(=O)CNC(=O)[C@H](Cc1c[nH]c2ccccc12)NC(=O)[C@H](CO)NC(=O)[C@H](CO)NC(=O)[C@H](Cc1ccccc1)NC(=O)CNC(=O)[C@@H]1CCCN1C(=O)[C@@H](N)CC(=O)O. The van der Waals surface area contributed by atoms with Crippen molar-refractivity contribution in [2.45, 2.75) is 68.4 Å². The zero-order valence-corrected chi connectivity index (χ0v) is 32.9. The van der Waals surface area contributed by atoms with Crippen molar-refractivity contribution in [2.75, 3.05) is 32.8 Å². The normalized spacial score (nSPS) is 15.9. The number of aromatic nitrogens is 1. The van der Waals surface area contributed by atoms with Crippen molar-refractivity contribution in [1.82, 2.24) is 41.8 Å². The van der Waals surface area contributed by atoms with Gasteiger partial charge in [0.15, 0.2) is 0 Å². The third-order valence-electron chi connectivity index (χ3n) is 9.71. The molecule has 0 spiro atoms. The lowest BCUT2D eigenvalue weighted by Crippen LogP contribution is -2.60. The molecule has 22 heteroatoms. The number of nitrogens with zero attached hydrogens (tertiary/aromatic N) is 1. The molecule has 0 bridgehead atoms. The summed E-state index contributed by atoms with van der Waals surface area (Å²) in [5, 5.41) is 44.2. The molecule has 14 N–H and O–H groups in total. The van der Waals surface area contributed by atoms with Gasteiger partial charge in [-0.25, -0.2) is 0 Å². The number of aliphatic carboxylic acids is 1. The van der Waals surface area contributed by atoms with Crippen molar-refractivity contribution in [1.29, 1.82) is 0 Å². The summed E-state index contributed by atoms with van der Waals surface area (Å²) in [7, 11) is 0. The molecule has 8 amide bonds. The number of primary amides is 1. The Morgan fingerprint density at radius 2 is 1.33 bits per heavy atom. The summed E-state index contributed by atoms with van der Waals surface area (Å²) < 4.78 is 0. The first-order chi connectivity index (χ1) is 29.1. The van der Waals surface area contributed by atoms with Crippen LogP contribution in [0.4, 0.5) is 0 Å². The van der Waals surface area contributed by atoms with Crippen LogP contribution in [0.15, 0.2) is 60.8 Å². The number of likely N-dealkylation sites (tertiary alicyclic amines) is 1. The lowest BCUT2D eigenvalue weighted by Gasteiger charge is -2.26. The minimum absolute atomic E-state index is 0.0814. The quantitative estimate of drug-likeness (QED) is 0.0453. The third kappa shape index (κ3) is 13.6. The summed E-state index contributed by atoms with van der Waals surface area (Å²) in [5.74, 6) is -8.29. The molecule has 0 saturated carbocycles. The standard InChI is InChI=1S/C39H50N10O12/c40-24(15-33(54)55)39(61)49-12-6-11-30(49)38(60)44-18-32(53)45-26(13-21-7-2-1-3-8-21)35(57)47-29(20-51)37(59)48-28(19-50)36(58)46-27(34(56)43-17-31(41)52)14-22-16-42-25-10-5-4-9-23(22)25/h1-5,7-10,16,24,26-30,42,50-51H,6,11-15,17-20,40H2,(H2,41,52)(H,43,56)(H,44,60)(H,45,53)(H,46,58)(H,47,57)(H,48,59)(H,54,55)/t24-,26-,27-,28-,29-,30-/m0/s1. The summed E-state index contributed by atoms with van der Waals surface area (Å²) in [6.45, 7) is -3.00. The molecular formula is C39H50N10O12. The highest BCUT2D eigenvalue weighted by molar-refractivity contribution is 5.97. The second-order valence-corrected chi connectivity index (χ2v) is 14.2. The summed E-state index contributed by atoms with van der Waals surface area (Å²) in [5.41, 5.74) is 12.8. The summed E-state index contributed by atoms with van der Waals surface area (Å²) in [4.78, 5) is 119.